The number of ether oxygens (including phenoxy) is 1. The summed E-state index contributed by atoms with van der Waals surface area (Å²) in [7, 11) is 3.21. The van der Waals surface area contributed by atoms with Gasteiger partial charge in [-0.3, -0.25) is 14.8 Å². The van der Waals surface area contributed by atoms with Gasteiger partial charge in [0.2, 0.25) is 5.88 Å². The molecule has 0 radical (unpaired) electrons. The van der Waals surface area contributed by atoms with Crippen LogP contribution in [-0.4, -0.2) is 62.8 Å². The number of aliphatic imine (C=N–C) groups is 1. The number of benzene rings is 1. The molecule has 1 aliphatic carbocycles. The molecule has 1 aromatic carbocycles. The smallest absolute Gasteiger partial charge is 0.260 e. The standard InChI is InChI=1S/C25H24F4N6O2S/c1-24(17-9-25(17,22(28)29)38-23(30)34-24)13-6-12(7-14(26)20(13)27)8-16-21-15(4-5-31-16)33-18(10-32-21)37-11-19(36)35(2)3/h4-7,10,17,22H,8-9,11H2,1-3H3,(H2,30,34)/t17-,24+,25-/m0/s1. The first kappa shape index (κ1) is 26.1. The van der Waals surface area contributed by atoms with Gasteiger partial charge in [0, 0.05) is 38.2 Å². The van der Waals surface area contributed by atoms with Crippen molar-refractivity contribution >= 4 is 33.9 Å². The van der Waals surface area contributed by atoms with Gasteiger partial charge in [-0.05, 0) is 37.1 Å². The van der Waals surface area contributed by atoms with Gasteiger partial charge in [0.05, 0.1) is 27.7 Å². The van der Waals surface area contributed by atoms with Crippen molar-refractivity contribution < 1.29 is 27.1 Å². The fourth-order valence-corrected chi connectivity index (χ4v) is 6.20. The fourth-order valence-electron chi connectivity index (χ4n) is 4.86. The Morgan fingerprint density at radius 2 is 2.05 bits per heavy atom. The van der Waals surface area contributed by atoms with E-state index in [2.05, 4.69) is 19.9 Å². The summed E-state index contributed by atoms with van der Waals surface area (Å²) < 4.78 is 61.7. The monoisotopic (exact) mass is 548 g/mol. The first-order chi connectivity index (χ1) is 17.9. The van der Waals surface area contributed by atoms with Crippen molar-refractivity contribution in [3.8, 4) is 5.88 Å². The molecule has 1 aliphatic heterocycles. The second-order valence-corrected chi connectivity index (χ2v) is 11.1. The van der Waals surface area contributed by atoms with E-state index >= 15 is 4.39 Å². The molecule has 38 heavy (non-hydrogen) atoms. The van der Waals surface area contributed by atoms with Gasteiger partial charge in [-0.15, -0.1) is 0 Å². The molecule has 2 aromatic heterocycles. The second kappa shape index (κ2) is 9.37. The van der Waals surface area contributed by atoms with Crippen LogP contribution in [0.5, 0.6) is 5.88 Å². The Morgan fingerprint density at radius 3 is 2.76 bits per heavy atom. The summed E-state index contributed by atoms with van der Waals surface area (Å²) in [6, 6.07) is 4.08. The average Bonchev–Trinajstić information content (AvgIpc) is 3.61. The number of alkyl halides is 2. The van der Waals surface area contributed by atoms with E-state index in [4.69, 9.17) is 10.5 Å². The van der Waals surface area contributed by atoms with Crippen molar-refractivity contribution in [3.63, 3.8) is 0 Å². The van der Waals surface area contributed by atoms with Crippen LogP contribution < -0.4 is 10.5 Å². The van der Waals surface area contributed by atoms with E-state index in [1.54, 1.807) is 20.2 Å². The molecule has 3 heterocycles. The summed E-state index contributed by atoms with van der Waals surface area (Å²) in [4.78, 5) is 30.5. The first-order valence-corrected chi connectivity index (χ1v) is 12.5. The zero-order valence-electron chi connectivity index (χ0n) is 20.7. The quantitative estimate of drug-likeness (QED) is 0.449. The second-order valence-electron chi connectivity index (χ2n) is 9.74. The number of nitrogens with two attached hydrogens (primary N) is 1. The SMILES string of the molecule is CN(C)C(=O)COc1cnc2c(Cc3cc(F)c(F)c([C@@]4(C)N=C(N)S[C@@]5(C(F)F)C[C@@H]45)c3)nccc2n1. The van der Waals surface area contributed by atoms with Gasteiger partial charge in [-0.2, -0.15) is 0 Å². The Balaban J connectivity index is 1.47. The van der Waals surface area contributed by atoms with Crippen molar-refractivity contribution in [3.05, 3.63) is 59.0 Å². The molecule has 2 aliphatic rings. The number of likely N-dealkylation sites (N-methyl/N-ethyl adjacent to an activating group) is 1. The van der Waals surface area contributed by atoms with Crippen molar-refractivity contribution in [1.82, 2.24) is 19.9 Å². The van der Waals surface area contributed by atoms with Crippen molar-refractivity contribution in [2.24, 2.45) is 16.6 Å². The number of aromatic nitrogens is 3. The van der Waals surface area contributed by atoms with E-state index in [1.165, 1.54) is 30.3 Å². The summed E-state index contributed by atoms with van der Waals surface area (Å²) in [5.41, 5.74) is 5.92. The number of rotatable bonds is 7. The first-order valence-electron chi connectivity index (χ1n) is 11.7. The summed E-state index contributed by atoms with van der Waals surface area (Å²) in [5, 5.41) is -0.0805. The molecule has 200 valence electrons. The highest BCUT2D eigenvalue weighted by atomic mass is 32.2. The molecule has 0 spiro atoms. The largest absolute Gasteiger partial charge is 0.466 e. The minimum Gasteiger partial charge on any atom is -0.466 e. The molecular formula is C25H24F4N6O2S. The summed E-state index contributed by atoms with van der Waals surface area (Å²) in [6.45, 7) is 1.31. The van der Waals surface area contributed by atoms with Crippen LogP contribution in [0.4, 0.5) is 17.6 Å². The van der Waals surface area contributed by atoms with Crippen LogP contribution in [0, 0.1) is 17.6 Å². The molecule has 0 unspecified atom stereocenters. The van der Waals surface area contributed by atoms with E-state index < -0.39 is 34.3 Å². The molecule has 0 saturated heterocycles. The predicted molar refractivity (Wildman–Crippen MR) is 134 cm³/mol. The number of carbonyl (C=O) groups excluding carboxylic acids is 1. The van der Waals surface area contributed by atoms with Crippen molar-refractivity contribution in [2.75, 3.05) is 20.7 Å². The molecule has 1 saturated carbocycles. The lowest BCUT2D eigenvalue weighted by Gasteiger charge is -2.34. The Labute approximate surface area is 219 Å². The molecule has 3 atom stereocenters. The van der Waals surface area contributed by atoms with Crippen molar-refractivity contribution in [2.45, 2.75) is 36.5 Å². The number of thioether (sulfide) groups is 1. The number of hydrogen-bond donors (Lipinski definition) is 1. The third kappa shape index (κ3) is 4.42. The molecule has 1 amide bonds. The minimum absolute atomic E-state index is 0.0597. The highest BCUT2D eigenvalue weighted by molar-refractivity contribution is 8.15. The topological polar surface area (TPSA) is 107 Å². The lowest BCUT2D eigenvalue weighted by atomic mass is 9.84. The average molecular weight is 549 g/mol. The number of amidine groups is 1. The zero-order valence-corrected chi connectivity index (χ0v) is 21.5. The third-order valence-electron chi connectivity index (χ3n) is 7.00. The molecule has 1 fully saturated rings. The van der Waals surface area contributed by atoms with Crippen LogP contribution in [0.3, 0.4) is 0 Å². The van der Waals surface area contributed by atoms with Gasteiger partial charge in [0.1, 0.15) is 5.52 Å². The number of nitrogens with zero attached hydrogens (tertiary/aromatic N) is 5. The number of carbonyl (C=O) groups is 1. The Kier molecular flexibility index (Phi) is 6.44. The van der Waals surface area contributed by atoms with Crippen LogP contribution in [0.2, 0.25) is 0 Å². The number of fused-ring (bicyclic) bond motifs is 2. The maximum Gasteiger partial charge on any atom is 0.260 e. The number of hydrogen-bond acceptors (Lipinski definition) is 8. The maximum atomic E-state index is 15.1. The lowest BCUT2D eigenvalue weighted by molar-refractivity contribution is -0.130. The molecule has 0 bridgehead atoms. The van der Waals surface area contributed by atoms with Gasteiger partial charge in [-0.1, -0.05) is 11.8 Å². The summed E-state index contributed by atoms with van der Waals surface area (Å²) >= 11 is 0.799. The zero-order chi connectivity index (χ0) is 27.4. The van der Waals surface area contributed by atoms with Crippen LogP contribution in [0.15, 0.2) is 35.6 Å². The van der Waals surface area contributed by atoms with Crippen LogP contribution >= 0.6 is 11.8 Å². The molecular weight excluding hydrogens is 524 g/mol. The summed E-state index contributed by atoms with van der Waals surface area (Å²) in [6.07, 6.45) is 0.308. The predicted octanol–water partition coefficient (Wildman–Crippen LogP) is 3.66. The van der Waals surface area contributed by atoms with Crippen molar-refractivity contribution in [1.29, 1.82) is 0 Å². The number of pyridine rings is 1. The molecule has 8 nitrogen and oxygen atoms in total. The van der Waals surface area contributed by atoms with Gasteiger partial charge in [0.25, 0.3) is 12.3 Å². The van der Waals surface area contributed by atoms with E-state index in [-0.39, 0.29) is 42.0 Å². The molecule has 13 heteroatoms. The maximum absolute atomic E-state index is 15.1. The van der Waals surface area contributed by atoms with Crippen LogP contribution in [0.1, 0.15) is 30.2 Å². The van der Waals surface area contributed by atoms with Crippen LogP contribution in [-0.2, 0) is 16.8 Å². The van der Waals surface area contributed by atoms with E-state index in [0.29, 0.717) is 22.3 Å². The minimum atomic E-state index is -2.68. The summed E-state index contributed by atoms with van der Waals surface area (Å²) in [5.74, 6) is -3.07. The van der Waals surface area contributed by atoms with E-state index in [0.717, 1.165) is 17.8 Å². The highest BCUT2D eigenvalue weighted by Crippen LogP contribution is 2.68. The molecule has 3 aromatic rings. The third-order valence-corrected chi connectivity index (χ3v) is 8.31. The van der Waals surface area contributed by atoms with Gasteiger partial charge in [0.15, 0.2) is 23.4 Å². The highest BCUT2D eigenvalue weighted by Gasteiger charge is 2.71. The molecule has 5 rings (SSSR count). The Bertz CT molecular complexity index is 1470. The number of amides is 1. The lowest BCUT2D eigenvalue weighted by Crippen LogP contribution is -2.39. The van der Waals surface area contributed by atoms with Gasteiger partial charge < -0.3 is 15.4 Å². The van der Waals surface area contributed by atoms with Crippen LogP contribution in [0.25, 0.3) is 11.0 Å². The fraction of sp³-hybridized carbons (Fsp3) is 0.400. The van der Waals surface area contributed by atoms with E-state index in [9.17, 15) is 18.0 Å². The number of halogens is 4. The van der Waals surface area contributed by atoms with Gasteiger partial charge >= 0.3 is 0 Å². The van der Waals surface area contributed by atoms with Gasteiger partial charge in [-0.25, -0.2) is 27.5 Å². The van der Waals surface area contributed by atoms with E-state index in [1.807, 2.05) is 0 Å². The Hall–Kier alpha value is -3.48. The molecule has 2 N–H and O–H groups in total. The Morgan fingerprint density at radius 1 is 1.29 bits per heavy atom. The normalized spacial score (nSPS) is 24.2.